The molecule has 0 N–H and O–H groups in total. The third kappa shape index (κ3) is 4.81. The number of nitrogens with zero attached hydrogens (tertiary/aromatic N) is 1. The number of halogens is 1. The highest BCUT2D eigenvalue weighted by molar-refractivity contribution is 7.16. The number of hydrogen-bond donors (Lipinski definition) is 0. The van der Waals surface area contributed by atoms with Gasteiger partial charge < -0.3 is 4.90 Å². The Labute approximate surface area is 124 Å². The van der Waals surface area contributed by atoms with Crippen molar-refractivity contribution in [2.75, 3.05) is 6.54 Å². The molecule has 0 aromatic carbocycles. The molecule has 0 unspecified atom stereocenters. The van der Waals surface area contributed by atoms with Crippen molar-refractivity contribution in [1.82, 2.24) is 4.90 Å². The third-order valence-electron chi connectivity index (χ3n) is 3.47. The molecule has 1 fully saturated rings. The van der Waals surface area contributed by atoms with Gasteiger partial charge in [-0.15, -0.1) is 11.3 Å². The Morgan fingerprint density at radius 3 is 2.74 bits per heavy atom. The molecule has 0 radical (unpaired) electrons. The van der Waals surface area contributed by atoms with Crippen LogP contribution in [0.15, 0.2) is 12.1 Å². The van der Waals surface area contributed by atoms with E-state index in [1.165, 1.54) is 17.7 Å². The van der Waals surface area contributed by atoms with Gasteiger partial charge in [-0.1, -0.05) is 25.4 Å². The van der Waals surface area contributed by atoms with Gasteiger partial charge in [-0.2, -0.15) is 0 Å². The molecule has 2 rings (SSSR count). The minimum Gasteiger partial charge on any atom is -0.340 e. The number of carbonyl (C=O) groups is 1. The minimum atomic E-state index is 0.313. The van der Waals surface area contributed by atoms with Crippen LogP contribution in [0.3, 0.4) is 0 Å². The van der Waals surface area contributed by atoms with Crippen molar-refractivity contribution >= 4 is 28.8 Å². The molecule has 1 aromatic rings. The summed E-state index contributed by atoms with van der Waals surface area (Å²) in [7, 11) is 0. The normalized spacial score (nSPS) is 14.9. The fourth-order valence-corrected chi connectivity index (χ4v) is 3.24. The minimum absolute atomic E-state index is 0.313. The van der Waals surface area contributed by atoms with Crippen molar-refractivity contribution < 1.29 is 4.79 Å². The summed E-state index contributed by atoms with van der Waals surface area (Å²) in [5, 5.41) is 0. The molecular weight excluding hydrogens is 278 g/mol. The Bertz CT molecular complexity index is 426. The molecule has 1 aromatic heterocycles. The second-order valence-electron chi connectivity index (χ2n) is 5.71. The van der Waals surface area contributed by atoms with Crippen molar-refractivity contribution in [3.8, 4) is 0 Å². The van der Waals surface area contributed by atoms with Crippen molar-refractivity contribution in [3.05, 3.63) is 21.3 Å². The van der Waals surface area contributed by atoms with Gasteiger partial charge in [0.05, 0.1) is 4.34 Å². The highest BCUT2D eigenvalue weighted by atomic mass is 35.5. The summed E-state index contributed by atoms with van der Waals surface area (Å²) in [6, 6.07) is 4.46. The fourth-order valence-electron chi connectivity index (χ4n) is 2.15. The molecule has 2 nitrogen and oxygen atoms in total. The molecule has 1 saturated carbocycles. The average Bonchev–Trinajstić information content (AvgIpc) is 3.09. The first-order valence-electron chi connectivity index (χ1n) is 7.10. The van der Waals surface area contributed by atoms with Crippen molar-refractivity contribution in [2.45, 2.75) is 52.0 Å². The number of thiophene rings is 1. The molecule has 1 heterocycles. The first-order valence-corrected chi connectivity index (χ1v) is 8.29. The summed E-state index contributed by atoms with van der Waals surface area (Å²) in [4.78, 5) is 15.6. The third-order valence-corrected chi connectivity index (χ3v) is 4.76. The first-order chi connectivity index (χ1) is 9.06. The number of rotatable bonds is 7. The maximum Gasteiger partial charge on any atom is 0.223 e. The fraction of sp³-hybridized carbons (Fsp3) is 0.667. The summed E-state index contributed by atoms with van der Waals surface area (Å²) in [5.74, 6) is 0.970. The maximum absolute atomic E-state index is 12.3. The van der Waals surface area contributed by atoms with E-state index in [9.17, 15) is 4.79 Å². The lowest BCUT2D eigenvalue weighted by atomic mass is 10.1. The van der Waals surface area contributed by atoms with E-state index in [4.69, 9.17) is 11.6 Å². The highest BCUT2D eigenvalue weighted by Gasteiger charge is 2.31. The molecule has 1 aliphatic rings. The van der Waals surface area contributed by atoms with E-state index in [0.29, 0.717) is 24.3 Å². The lowest BCUT2D eigenvalue weighted by molar-refractivity contribution is -0.131. The van der Waals surface area contributed by atoms with Gasteiger partial charge >= 0.3 is 0 Å². The number of carbonyl (C=O) groups excluding carboxylic acids is 1. The smallest absolute Gasteiger partial charge is 0.223 e. The molecule has 106 valence electrons. The predicted molar refractivity (Wildman–Crippen MR) is 81.8 cm³/mol. The molecule has 0 spiro atoms. The Kier molecular flexibility index (Phi) is 5.28. The average molecular weight is 300 g/mol. The molecule has 0 bridgehead atoms. The van der Waals surface area contributed by atoms with Gasteiger partial charge in [0.25, 0.3) is 0 Å². The SMILES string of the molecule is CC(C)CCN(C(=O)CCc1ccc(Cl)s1)C1CC1. The van der Waals surface area contributed by atoms with Gasteiger partial charge in [0.1, 0.15) is 0 Å². The lowest BCUT2D eigenvalue weighted by Gasteiger charge is -2.23. The number of aryl methyl sites for hydroxylation is 1. The Hall–Kier alpha value is -0.540. The van der Waals surface area contributed by atoms with E-state index < -0.39 is 0 Å². The summed E-state index contributed by atoms with van der Waals surface area (Å²) < 4.78 is 0.807. The molecule has 0 aliphatic heterocycles. The van der Waals surface area contributed by atoms with Crippen LogP contribution in [0.1, 0.15) is 44.4 Å². The quantitative estimate of drug-likeness (QED) is 0.732. The second-order valence-corrected chi connectivity index (χ2v) is 7.51. The number of hydrogen-bond acceptors (Lipinski definition) is 2. The largest absolute Gasteiger partial charge is 0.340 e. The van der Waals surface area contributed by atoms with Crippen LogP contribution in [-0.2, 0) is 11.2 Å². The zero-order chi connectivity index (χ0) is 13.8. The van der Waals surface area contributed by atoms with E-state index in [0.717, 1.165) is 23.7 Å². The zero-order valence-corrected chi connectivity index (χ0v) is 13.3. The molecule has 4 heteroatoms. The van der Waals surface area contributed by atoms with Crippen molar-refractivity contribution in [1.29, 1.82) is 0 Å². The first kappa shape index (κ1) is 14.9. The molecule has 1 aliphatic carbocycles. The predicted octanol–water partition coefficient (Wildman–Crippen LogP) is 4.37. The Morgan fingerprint density at radius 2 is 2.21 bits per heavy atom. The highest BCUT2D eigenvalue weighted by Crippen LogP contribution is 2.29. The lowest BCUT2D eigenvalue weighted by Crippen LogP contribution is -2.34. The summed E-state index contributed by atoms with van der Waals surface area (Å²) in [6.45, 7) is 5.35. The van der Waals surface area contributed by atoms with Crippen LogP contribution in [0.5, 0.6) is 0 Å². The number of amides is 1. The van der Waals surface area contributed by atoms with Gasteiger partial charge in [-0.3, -0.25) is 4.79 Å². The van der Waals surface area contributed by atoms with Crippen LogP contribution in [0.4, 0.5) is 0 Å². The Balaban J connectivity index is 1.81. The van der Waals surface area contributed by atoms with E-state index in [-0.39, 0.29) is 0 Å². The van der Waals surface area contributed by atoms with E-state index in [1.54, 1.807) is 11.3 Å². The Morgan fingerprint density at radius 1 is 1.47 bits per heavy atom. The maximum atomic E-state index is 12.3. The van der Waals surface area contributed by atoms with Crippen LogP contribution in [0.25, 0.3) is 0 Å². The van der Waals surface area contributed by atoms with Gasteiger partial charge in [-0.25, -0.2) is 0 Å². The van der Waals surface area contributed by atoms with Crippen molar-refractivity contribution in [3.63, 3.8) is 0 Å². The van der Waals surface area contributed by atoms with Gasteiger partial charge in [-0.05, 0) is 43.7 Å². The molecule has 0 saturated heterocycles. The van der Waals surface area contributed by atoms with Crippen LogP contribution >= 0.6 is 22.9 Å². The van der Waals surface area contributed by atoms with Gasteiger partial charge in [0, 0.05) is 23.9 Å². The van der Waals surface area contributed by atoms with Crippen molar-refractivity contribution in [2.24, 2.45) is 5.92 Å². The second kappa shape index (κ2) is 6.76. The summed E-state index contributed by atoms with van der Waals surface area (Å²) in [5.41, 5.74) is 0. The summed E-state index contributed by atoms with van der Waals surface area (Å²) in [6.07, 6.45) is 4.92. The van der Waals surface area contributed by atoms with Crippen LogP contribution in [0.2, 0.25) is 4.34 Å². The van der Waals surface area contributed by atoms with E-state index in [1.807, 2.05) is 12.1 Å². The molecular formula is C15H22ClNOS. The van der Waals surface area contributed by atoms with Crippen LogP contribution < -0.4 is 0 Å². The molecule has 19 heavy (non-hydrogen) atoms. The van der Waals surface area contributed by atoms with Gasteiger partial charge in [0.2, 0.25) is 5.91 Å². The monoisotopic (exact) mass is 299 g/mol. The van der Waals surface area contributed by atoms with Crippen LogP contribution in [0, 0.1) is 5.92 Å². The van der Waals surface area contributed by atoms with E-state index in [2.05, 4.69) is 18.7 Å². The topological polar surface area (TPSA) is 20.3 Å². The molecule has 1 amide bonds. The zero-order valence-electron chi connectivity index (χ0n) is 11.7. The summed E-state index contributed by atoms with van der Waals surface area (Å²) >= 11 is 7.48. The van der Waals surface area contributed by atoms with Gasteiger partial charge in [0.15, 0.2) is 0 Å². The van der Waals surface area contributed by atoms with Crippen LogP contribution in [-0.4, -0.2) is 23.4 Å². The van der Waals surface area contributed by atoms with E-state index >= 15 is 0 Å². The molecule has 0 atom stereocenters. The standard InChI is InChI=1S/C15H22ClNOS/c1-11(2)9-10-17(12-3-4-12)15(18)8-6-13-5-7-14(16)19-13/h5,7,11-12H,3-4,6,8-10H2,1-2H3.